The van der Waals surface area contributed by atoms with Crippen LogP contribution in [0.25, 0.3) is 0 Å². The van der Waals surface area contributed by atoms with Gasteiger partial charge in [-0.2, -0.15) is 0 Å². The summed E-state index contributed by atoms with van der Waals surface area (Å²) in [5, 5.41) is 6.49. The second-order valence-electron chi connectivity index (χ2n) is 3.86. The molecular formula is C9H14N2S. The highest BCUT2D eigenvalue weighted by atomic mass is 32.1. The van der Waals surface area contributed by atoms with Gasteiger partial charge in [0.15, 0.2) is 5.13 Å². The molecule has 2 nitrogen and oxygen atoms in total. The molecule has 1 aromatic heterocycles. The zero-order valence-electron chi connectivity index (χ0n) is 7.50. The average Bonchev–Trinajstić information content (AvgIpc) is 2.63. The van der Waals surface area contributed by atoms with Crippen molar-refractivity contribution in [3.63, 3.8) is 0 Å². The zero-order chi connectivity index (χ0) is 8.60. The Morgan fingerprint density at radius 2 is 2.42 bits per heavy atom. The molecule has 0 aliphatic heterocycles. The topological polar surface area (TPSA) is 24.9 Å². The number of anilines is 1. The van der Waals surface area contributed by atoms with Crippen LogP contribution in [0.15, 0.2) is 11.6 Å². The van der Waals surface area contributed by atoms with E-state index in [2.05, 4.69) is 24.1 Å². The lowest BCUT2D eigenvalue weighted by molar-refractivity contribution is 0.493. The van der Waals surface area contributed by atoms with Gasteiger partial charge in [0.1, 0.15) is 0 Å². The summed E-state index contributed by atoms with van der Waals surface area (Å²) in [4.78, 5) is 4.20. The zero-order valence-corrected chi connectivity index (χ0v) is 8.32. The standard InChI is InChI=1S/C9H14N2S/c1-7(9(2)3-4-9)11-8-10-5-6-12-8/h5-7H,3-4H2,1-2H3,(H,10,11). The molecule has 1 saturated carbocycles. The Bertz CT molecular complexity index is 252. The first kappa shape index (κ1) is 8.05. The molecule has 12 heavy (non-hydrogen) atoms. The van der Waals surface area contributed by atoms with E-state index in [1.807, 2.05) is 11.6 Å². The summed E-state index contributed by atoms with van der Waals surface area (Å²) in [6.45, 7) is 4.58. The first-order valence-corrected chi connectivity index (χ1v) is 5.25. The third kappa shape index (κ3) is 1.46. The lowest BCUT2D eigenvalue weighted by Gasteiger charge is -2.19. The summed E-state index contributed by atoms with van der Waals surface area (Å²) in [6, 6.07) is 0.559. The molecule has 1 fully saturated rings. The highest BCUT2D eigenvalue weighted by Gasteiger charge is 2.42. The van der Waals surface area contributed by atoms with Crippen LogP contribution in [0.3, 0.4) is 0 Å². The molecule has 1 unspecified atom stereocenters. The van der Waals surface area contributed by atoms with Crippen molar-refractivity contribution < 1.29 is 0 Å². The smallest absolute Gasteiger partial charge is 0.182 e. The van der Waals surface area contributed by atoms with E-state index in [4.69, 9.17) is 0 Å². The van der Waals surface area contributed by atoms with Crippen LogP contribution in [0.2, 0.25) is 0 Å². The largest absolute Gasteiger partial charge is 0.359 e. The Labute approximate surface area is 77.0 Å². The fourth-order valence-corrected chi connectivity index (χ4v) is 1.90. The van der Waals surface area contributed by atoms with E-state index in [1.54, 1.807) is 11.3 Å². The summed E-state index contributed by atoms with van der Waals surface area (Å²) < 4.78 is 0. The van der Waals surface area contributed by atoms with Crippen LogP contribution < -0.4 is 5.32 Å². The van der Waals surface area contributed by atoms with Gasteiger partial charge in [-0.1, -0.05) is 6.92 Å². The van der Waals surface area contributed by atoms with Crippen molar-refractivity contribution in [1.29, 1.82) is 0 Å². The summed E-state index contributed by atoms with van der Waals surface area (Å²) in [7, 11) is 0. The van der Waals surface area contributed by atoms with Crippen LogP contribution in [-0.2, 0) is 0 Å². The lowest BCUT2D eigenvalue weighted by Crippen LogP contribution is -2.24. The van der Waals surface area contributed by atoms with E-state index in [0.717, 1.165) is 5.13 Å². The van der Waals surface area contributed by atoms with Gasteiger partial charge >= 0.3 is 0 Å². The molecule has 3 heteroatoms. The van der Waals surface area contributed by atoms with Crippen LogP contribution in [0.1, 0.15) is 26.7 Å². The molecule has 1 atom stereocenters. The average molecular weight is 182 g/mol. The van der Waals surface area contributed by atoms with Crippen LogP contribution in [-0.4, -0.2) is 11.0 Å². The van der Waals surface area contributed by atoms with Crippen LogP contribution in [0, 0.1) is 5.41 Å². The normalized spacial score (nSPS) is 21.8. The Kier molecular flexibility index (Phi) is 1.83. The van der Waals surface area contributed by atoms with Gasteiger partial charge in [-0.25, -0.2) is 4.98 Å². The minimum absolute atomic E-state index is 0.533. The van der Waals surface area contributed by atoms with E-state index >= 15 is 0 Å². The molecule has 1 heterocycles. The lowest BCUT2D eigenvalue weighted by atomic mass is 10.0. The first-order chi connectivity index (χ1) is 5.71. The number of thiazole rings is 1. The SMILES string of the molecule is CC(Nc1nccs1)C1(C)CC1. The third-order valence-electron chi connectivity index (χ3n) is 2.86. The maximum absolute atomic E-state index is 4.20. The van der Waals surface area contributed by atoms with E-state index in [0.29, 0.717) is 11.5 Å². The van der Waals surface area contributed by atoms with Crippen molar-refractivity contribution in [2.75, 3.05) is 5.32 Å². The van der Waals surface area contributed by atoms with Crippen molar-refractivity contribution in [1.82, 2.24) is 4.98 Å². The van der Waals surface area contributed by atoms with Crippen molar-refractivity contribution in [3.05, 3.63) is 11.6 Å². The highest BCUT2D eigenvalue weighted by Crippen LogP contribution is 2.48. The summed E-state index contributed by atoms with van der Waals surface area (Å²) in [5.74, 6) is 0. The van der Waals surface area contributed by atoms with Crippen molar-refractivity contribution in [2.24, 2.45) is 5.41 Å². The van der Waals surface area contributed by atoms with Gasteiger partial charge in [0.05, 0.1) is 0 Å². The second kappa shape index (κ2) is 2.73. The van der Waals surface area contributed by atoms with Crippen molar-refractivity contribution in [3.8, 4) is 0 Å². The van der Waals surface area contributed by atoms with Gasteiger partial charge in [0.25, 0.3) is 0 Å². The van der Waals surface area contributed by atoms with Gasteiger partial charge in [-0.05, 0) is 25.2 Å². The van der Waals surface area contributed by atoms with Crippen molar-refractivity contribution >= 4 is 16.5 Å². The highest BCUT2D eigenvalue weighted by molar-refractivity contribution is 7.13. The molecule has 0 spiro atoms. The Hall–Kier alpha value is -0.570. The van der Waals surface area contributed by atoms with Crippen molar-refractivity contribution in [2.45, 2.75) is 32.7 Å². The molecule has 0 saturated heterocycles. The van der Waals surface area contributed by atoms with E-state index < -0.39 is 0 Å². The molecule has 1 aliphatic carbocycles. The molecule has 0 amide bonds. The molecular weight excluding hydrogens is 168 g/mol. The summed E-state index contributed by atoms with van der Waals surface area (Å²) >= 11 is 1.67. The monoisotopic (exact) mass is 182 g/mol. The molecule has 66 valence electrons. The molecule has 1 N–H and O–H groups in total. The summed E-state index contributed by atoms with van der Waals surface area (Å²) in [5.41, 5.74) is 0.533. The quantitative estimate of drug-likeness (QED) is 0.777. The van der Waals surface area contributed by atoms with Crippen LogP contribution >= 0.6 is 11.3 Å². The Morgan fingerprint density at radius 1 is 1.67 bits per heavy atom. The molecule has 2 rings (SSSR count). The number of hydrogen-bond donors (Lipinski definition) is 1. The van der Waals surface area contributed by atoms with E-state index in [9.17, 15) is 0 Å². The fourth-order valence-electron chi connectivity index (χ4n) is 1.28. The maximum Gasteiger partial charge on any atom is 0.182 e. The number of nitrogens with zero attached hydrogens (tertiary/aromatic N) is 1. The Morgan fingerprint density at radius 3 is 2.92 bits per heavy atom. The first-order valence-electron chi connectivity index (χ1n) is 4.37. The van der Waals surface area contributed by atoms with Gasteiger partial charge in [-0.3, -0.25) is 0 Å². The Balaban J connectivity index is 1.95. The molecule has 0 bridgehead atoms. The predicted molar refractivity (Wildman–Crippen MR) is 52.5 cm³/mol. The third-order valence-corrected chi connectivity index (χ3v) is 3.56. The van der Waals surface area contributed by atoms with Gasteiger partial charge in [-0.15, -0.1) is 11.3 Å². The van der Waals surface area contributed by atoms with Gasteiger partial charge in [0, 0.05) is 17.6 Å². The molecule has 0 radical (unpaired) electrons. The summed E-state index contributed by atoms with van der Waals surface area (Å²) in [6.07, 6.45) is 4.55. The van der Waals surface area contributed by atoms with Crippen LogP contribution in [0.4, 0.5) is 5.13 Å². The number of rotatable bonds is 3. The second-order valence-corrected chi connectivity index (χ2v) is 4.75. The minimum atomic E-state index is 0.533. The molecule has 0 aromatic carbocycles. The predicted octanol–water partition coefficient (Wildman–Crippen LogP) is 2.74. The number of aromatic nitrogens is 1. The number of hydrogen-bond acceptors (Lipinski definition) is 3. The molecule has 1 aromatic rings. The number of nitrogens with one attached hydrogen (secondary N) is 1. The minimum Gasteiger partial charge on any atom is -0.359 e. The molecule has 1 aliphatic rings. The van der Waals surface area contributed by atoms with E-state index in [1.165, 1.54) is 12.8 Å². The van der Waals surface area contributed by atoms with Gasteiger partial charge < -0.3 is 5.32 Å². The van der Waals surface area contributed by atoms with E-state index in [-0.39, 0.29) is 0 Å². The maximum atomic E-state index is 4.20. The van der Waals surface area contributed by atoms with Crippen LogP contribution in [0.5, 0.6) is 0 Å². The fraction of sp³-hybridized carbons (Fsp3) is 0.667. The van der Waals surface area contributed by atoms with Gasteiger partial charge in [0.2, 0.25) is 0 Å².